The number of pyridine rings is 1. The van der Waals surface area contributed by atoms with E-state index in [1.165, 1.54) is 4.88 Å². The van der Waals surface area contributed by atoms with Gasteiger partial charge in [0, 0.05) is 16.5 Å². The Labute approximate surface area is 116 Å². The normalized spacial score (nSPS) is 12.5. The molecule has 0 aliphatic heterocycles. The third kappa shape index (κ3) is 2.27. The molecule has 0 fully saturated rings. The highest BCUT2D eigenvalue weighted by molar-refractivity contribution is 7.10. The summed E-state index contributed by atoms with van der Waals surface area (Å²) in [6.07, 6.45) is 1.78. The molecule has 1 unspecified atom stereocenters. The molecule has 0 saturated carbocycles. The van der Waals surface area contributed by atoms with Crippen LogP contribution < -0.4 is 11.1 Å². The van der Waals surface area contributed by atoms with Crippen LogP contribution >= 0.6 is 11.3 Å². The van der Waals surface area contributed by atoms with E-state index in [4.69, 9.17) is 5.73 Å². The fraction of sp³-hybridized carbons (Fsp3) is 0.133. The zero-order valence-electron chi connectivity index (χ0n) is 10.6. The molecule has 0 saturated heterocycles. The average Bonchev–Trinajstić information content (AvgIpc) is 2.96. The van der Waals surface area contributed by atoms with Crippen LogP contribution in [0.2, 0.25) is 0 Å². The van der Waals surface area contributed by atoms with Gasteiger partial charge < -0.3 is 11.1 Å². The van der Waals surface area contributed by atoms with E-state index in [1.54, 1.807) is 17.5 Å². The SMILES string of the molecule is CC(Nc1ccc2ncccc2c1N)c1cccs1. The number of hydrogen-bond donors (Lipinski definition) is 2. The minimum Gasteiger partial charge on any atom is -0.397 e. The Morgan fingerprint density at radius 2 is 2.11 bits per heavy atom. The smallest absolute Gasteiger partial charge is 0.0724 e. The monoisotopic (exact) mass is 269 g/mol. The zero-order chi connectivity index (χ0) is 13.2. The third-order valence-electron chi connectivity index (χ3n) is 3.17. The summed E-state index contributed by atoms with van der Waals surface area (Å²) in [5.74, 6) is 0. The fourth-order valence-electron chi connectivity index (χ4n) is 2.14. The lowest BCUT2D eigenvalue weighted by Crippen LogP contribution is -2.07. The lowest BCUT2D eigenvalue weighted by Gasteiger charge is -2.16. The Kier molecular flexibility index (Phi) is 3.09. The van der Waals surface area contributed by atoms with Crippen molar-refractivity contribution in [1.82, 2.24) is 4.98 Å². The Morgan fingerprint density at radius 1 is 1.21 bits per heavy atom. The largest absolute Gasteiger partial charge is 0.397 e. The van der Waals surface area contributed by atoms with Crippen LogP contribution in [0.3, 0.4) is 0 Å². The van der Waals surface area contributed by atoms with Crippen molar-refractivity contribution in [2.24, 2.45) is 0 Å². The van der Waals surface area contributed by atoms with Crippen molar-refractivity contribution in [3.63, 3.8) is 0 Å². The van der Waals surface area contributed by atoms with E-state index >= 15 is 0 Å². The van der Waals surface area contributed by atoms with Gasteiger partial charge in [0.25, 0.3) is 0 Å². The standard InChI is InChI=1S/C15H15N3S/c1-10(14-5-3-9-19-14)18-13-7-6-12-11(15(13)16)4-2-8-17-12/h2-10,18H,16H2,1H3. The summed E-state index contributed by atoms with van der Waals surface area (Å²) in [5.41, 5.74) is 8.86. The highest BCUT2D eigenvalue weighted by Gasteiger charge is 2.10. The predicted molar refractivity (Wildman–Crippen MR) is 82.5 cm³/mol. The van der Waals surface area contributed by atoms with Crippen LogP contribution in [-0.4, -0.2) is 4.98 Å². The molecule has 19 heavy (non-hydrogen) atoms. The first-order valence-electron chi connectivity index (χ1n) is 6.19. The summed E-state index contributed by atoms with van der Waals surface area (Å²) in [6, 6.07) is 12.3. The minimum atomic E-state index is 0.247. The molecule has 4 heteroatoms. The second-order valence-electron chi connectivity index (χ2n) is 4.48. The molecule has 3 rings (SSSR count). The molecule has 2 heterocycles. The first-order chi connectivity index (χ1) is 9.25. The predicted octanol–water partition coefficient (Wildman–Crippen LogP) is 4.05. The summed E-state index contributed by atoms with van der Waals surface area (Å²) < 4.78 is 0. The van der Waals surface area contributed by atoms with Gasteiger partial charge in [-0.05, 0) is 42.6 Å². The van der Waals surface area contributed by atoms with Gasteiger partial charge >= 0.3 is 0 Å². The lowest BCUT2D eigenvalue weighted by molar-refractivity contribution is 0.909. The number of benzene rings is 1. The van der Waals surface area contributed by atoms with Crippen LogP contribution in [0.5, 0.6) is 0 Å². The molecule has 0 aliphatic carbocycles. The highest BCUT2D eigenvalue weighted by Crippen LogP contribution is 2.31. The van der Waals surface area contributed by atoms with E-state index in [0.29, 0.717) is 0 Å². The molecule has 0 radical (unpaired) electrons. The number of nitrogens with one attached hydrogen (secondary N) is 1. The quantitative estimate of drug-likeness (QED) is 0.705. The molecule has 0 aliphatic rings. The van der Waals surface area contributed by atoms with Gasteiger partial charge in [-0.2, -0.15) is 0 Å². The second kappa shape index (κ2) is 4.90. The molecular formula is C15H15N3S. The molecule has 96 valence electrons. The molecule has 3 N–H and O–H groups in total. The number of fused-ring (bicyclic) bond motifs is 1. The third-order valence-corrected chi connectivity index (χ3v) is 4.22. The van der Waals surface area contributed by atoms with Gasteiger partial charge in [0.05, 0.1) is 22.9 Å². The van der Waals surface area contributed by atoms with E-state index in [0.717, 1.165) is 22.3 Å². The van der Waals surface area contributed by atoms with Crippen molar-refractivity contribution in [3.8, 4) is 0 Å². The van der Waals surface area contributed by atoms with E-state index < -0.39 is 0 Å². The van der Waals surface area contributed by atoms with Gasteiger partial charge in [-0.1, -0.05) is 6.07 Å². The maximum absolute atomic E-state index is 6.22. The van der Waals surface area contributed by atoms with Gasteiger partial charge in [-0.3, -0.25) is 4.98 Å². The number of nitrogens with two attached hydrogens (primary N) is 1. The van der Waals surface area contributed by atoms with Crippen LogP contribution in [0, 0.1) is 0 Å². The number of rotatable bonds is 3. The summed E-state index contributed by atoms with van der Waals surface area (Å²) in [7, 11) is 0. The van der Waals surface area contributed by atoms with Gasteiger partial charge in [-0.25, -0.2) is 0 Å². The molecule has 1 aromatic carbocycles. The van der Waals surface area contributed by atoms with Gasteiger partial charge in [0.2, 0.25) is 0 Å². The molecule has 0 spiro atoms. The molecule has 3 nitrogen and oxygen atoms in total. The summed E-state index contributed by atoms with van der Waals surface area (Å²) in [4.78, 5) is 5.60. The van der Waals surface area contributed by atoms with Gasteiger partial charge in [-0.15, -0.1) is 11.3 Å². The van der Waals surface area contributed by atoms with Crippen LogP contribution in [0.4, 0.5) is 11.4 Å². The number of hydrogen-bond acceptors (Lipinski definition) is 4. The summed E-state index contributed by atoms with van der Waals surface area (Å²) in [5, 5.41) is 6.54. The Hall–Kier alpha value is -2.07. The van der Waals surface area contributed by atoms with Crippen molar-refractivity contribution >= 4 is 33.6 Å². The van der Waals surface area contributed by atoms with Crippen LogP contribution in [0.25, 0.3) is 10.9 Å². The summed E-state index contributed by atoms with van der Waals surface area (Å²) in [6.45, 7) is 2.14. The zero-order valence-corrected chi connectivity index (χ0v) is 11.4. The first-order valence-corrected chi connectivity index (χ1v) is 7.07. The minimum absolute atomic E-state index is 0.247. The Bertz CT molecular complexity index is 692. The Balaban J connectivity index is 1.95. The number of aromatic nitrogens is 1. The van der Waals surface area contributed by atoms with E-state index in [9.17, 15) is 0 Å². The van der Waals surface area contributed by atoms with E-state index in [-0.39, 0.29) is 6.04 Å². The number of nitrogen functional groups attached to an aromatic ring is 1. The van der Waals surface area contributed by atoms with Crippen LogP contribution in [-0.2, 0) is 0 Å². The molecule has 2 aromatic heterocycles. The first kappa shape index (κ1) is 12.0. The van der Waals surface area contributed by atoms with E-state index in [2.05, 4.69) is 34.7 Å². The molecule has 3 aromatic rings. The maximum atomic E-state index is 6.22. The topological polar surface area (TPSA) is 50.9 Å². The molecule has 0 amide bonds. The van der Waals surface area contributed by atoms with Crippen molar-refractivity contribution in [3.05, 3.63) is 52.9 Å². The van der Waals surface area contributed by atoms with Gasteiger partial charge in [0.15, 0.2) is 0 Å². The van der Waals surface area contributed by atoms with Crippen molar-refractivity contribution < 1.29 is 0 Å². The van der Waals surface area contributed by atoms with Crippen molar-refractivity contribution in [1.29, 1.82) is 0 Å². The average molecular weight is 269 g/mol. The fourth-order valence-corrected chi connectivity index (χ4v) is 2.88. The van der Waals surface area contributed by atoms with Crippen LogP contribution in [0.1, 0.15) is 17.8 Å². The number of thiophene rings is 1. The number of nitrogens with zero attached hydrogens (tertiary/aromatic N) is 1. The summed E-state index contributed by atoms with van der Waals surface area (Å²) >= 11 is 1.74. The molecule has 0 bridgehead atoms. The lowest BCUT2D eigenvalue weighted by atomic mass is 10.1. The molecule has 1 atom stereocenters. The number of anilines is 2. The Morgan fingerprint density at radius 3 is 2.89 bits per heavy atom. The van der Waals surface area contributed by atoms with Crippen LogP contribution in [0.15, 0.2) is 48.0 Å². The van der Waals surface area contributed by atoms with Crippen molar-refractivity contribution in [2.75, 3.05) is 11.1 Å². The second-order valence-corrected chi connectivity index (χ2v) is 5.46. The maximum Gasteiger partial charge on any atom is 0.0724 e. The highest BCUT2D eigenvalue weighted by atomic mass is 32.1. The van der Waals surface area contributed by atoms with Crippen molar-refractivity contribution in [2.45, 2.75) is 13.0 Å². The van der Waals surface area contributed by atoms with E-state index in [1.807, 2.05) is 24.3 Å². The van der Waals surface area contributed by atoms with Gasteiger partial charge in [0.1, 0.15) is 0 Å². The molecular weight excluding hydrogens is 254 g/mol.